The molecule has 1 aliphatic rings. The van der Waals surface area contributed by atoms with Gasteiger partial charge >= 0.3 is 23.9 Å². The molecule has 1 aliphatic carbocycles. The lowest BCUT2D eigenvalue weighted by Gasteiger charge is -2.41. The quantitative estimate of drug-likeness (QED) is 0.0292. The molecule has 26 nitrogen and oxygen atoms in total. The number of rotatable bonds is 26. The fourth-order valence-electron chi connectivity index (χ4n) is 11.7. The van der Waals surface area contributed by atoms with Crippen LogP contribution in [0.5, 0.6) is 23.0 Å². The molecule has 4 aromatic rings. The Balaban J connectivity index is 0.000000444. The van der Waals surface area contributed by atoms with E-state index in [4.69, 9.17) is 24.1 Å². The molecule has 0 saturated heterocycles. The van der Waals surface area contributed by atoms with Crippen molar-refractivity contribution in [3.63, 3.8) is 0 Å². The molecule has 26 heteroatoms. The topological polar surface area (TPSA) is 469 Å². The van der Waals surface area contributed by atoms with Crippen molar-refractivity contribution in [2.75, 3.05) is 26.4 Å². The van der Waals surface area contributed by atoms with Gasteiger partial charge in [-0.3, -0.25) is 19.2 Å². The van der Waals surface area contributed by atoms with Crippen molar-refractivity contribution in [2.24, 2.45) is 0 Å². The molecule has 106 heavy (non-hydrogen) atoms. The average molecular weight is 1500 g/mol. The summed E-state index contributed by atoms with van der Waals surface area (Å²) < 4.78 is 20.2. The van der Waals surface area contributed by atoms with Gasteiger partial charge in [-0.15, -0.1) is 0 Å². The molecule has 12 unspecified atom stereocenters. The number of esters is 4. The zero-order valence-corrected chi connectivity index (χ0v) is 65.5. The van der Waals surface area contributed by atoms with Crippen LogP contribution in [-0.2, 0) is 96.3 Å². The van der Waals surface area contributed by atoms with Crippen LogP contribution in [0.1, 0.15) is 217 Å². The van der Waals surface area contributed by atoms with Gasteiger partial charge in [0.2, 0.25) is 0 Å². The van der Waals surface area contributed by atoms with Gasteiger partial charge < -0.3 is 111 Å². The Morgan fingerprint density at radius 1 is 0.330 bits per heavy atom. The highest BCUT2D eigenvalue weighted by Crippen LogP contribution is 2.43. The standard InChI is InChI=1S/C40H62O10.C23H36O8.C17H26O8/c1-37(2,3)25-17-23(18-26(33(25)45)38(4,5)6)13-15-31(43)49-21-29(41)35(47)36(48)30(42)22-50-32(44)16-14-24-19-27(39(7,8)9)34(46)28(20-24)40(10,11)12;1-22(2,3)12-9-11(10-13(15(12)25)23(4,5)6)7-8-14(24)31-21-19(29)17(27)16(26)18(28)20(21)30;1-9-5-11(6-10(2)15(9)22)3-4-14(21)25-8-13(20)17(24)16(23)12(19)7-18/h17-20,29-30,35-36,41-42,45-48H,13-16,21-22H2,1-12H3;9-10,16-21,25-30H,7-8H2,1-6H3;5-6,12-13,16-20,22-24H,3-4,7-8H2,1-2H3. The minimum Gasteiger partial charge on any atom is -0.507 e. The summed E-state index contributed by atoms with van der Waals surface area (Å²) in [6, 6.07) is 14.7. The van der Waals surface area contributed by atoms with Crippen molar-refractivity contribution < 1.29 is 130 Å². The van der Waals surface area contributed by atoms with E-state index in [1.165, 1.54) is 0 Å². The average Bonchev–Trinajstić information content (AvgIpc) is 0.797. The van der Waals surface area contributed by atoms with Crippen LogP contribution in [0.25, 0.3) is 0 Å². The summed E-state index contributed by atoms with van der Waals surface area (Å²) >= 11 is 0. The Bertz CT molecular complexity index is 3270. The van der Waals surface area contributed by atoms with E-state index >= 15 is 0 Å². The number of phenols is 4. The summed E-state index contributed by atoms with van der Waals surface area (Å²) in [6.07, 6.45) is -23.0. The smallest absolute Gasteiger partial charge is 0.306 e. The van der Waals surface area contributed by atoms with Crippen molar-refractivity contribution in [1.82, 2.24) is 0 Å². The van der Waals surface area contributed by atoms with E-state index < -0.39 is 136 Å². The minimum absolute atomic E-state index is 0.0267. The number of carbonyl (C=O) groups excluding carboxylic acids is 4. The molecule has 1 saturated carbocycles. The fourth-order valence-corrected chi connectivity index (χ4v) is 11.7. The van der Waals surface area contributed by atoms with Crippen LogP contribution in [0.3, 0.4) is 0 Å². The summed E-state index contributed by atoms with van der Waals surface area (Å²) in [4.78, 5) is 49.2. The maximum atomic E-state index is 12.5. The van der Waals surface area contributed by atoms with E-state index in [2.05, 4.69) is 0 Å². The molecule has 4 aromatic carbocycles. The maximum absolute atomic E-state index is 12.5. The van der Waals surface area contributed by atoms with Gasteiger partial charge in [0.05, 0.1) is 6.61 Å². The van der Waals surface area contributed by atoms with Gasteiger partial charge in [0.25, 0.3) is 0 Å². The van der Waals surface area contributed by atoms with Crippen molar-refractivity contribution in [2.45, 2.75) is 308 Å². The minimum atomic E-state index is -1.89. The first-order chi connectivity index (χ1) is 48.4. The number of aliphatic hydroxyl groups excluding tert-OH is 14. The number of ether oxygens (including phenoxy) is 4. The van der Waals surface area contributed by atoms with Gasteiger partial charge in [-0.2, -0.15) is 0 Å². The second-order valence-electron chi connectivity index (χ2n) is 34.1. The van der Waals surface area contributed by atoms with Crippen LogP contribution in [0.15, 0.2) is 48.5 Å². The zero-order chi connectivity index (χ0) is 81.6. The molecule has 0 aliphatic heterocycles. The Labute approximate surface area is 623 Å². The molecule has 0 amide bonds. The number of aliphatic hydroxyl groups is 14. The zero-order valence-electron chi connectivity index (χ0n) is 65.5. The molecule has 0 bridgehead atoms. The van der Waals surface area contributed by atoms with Crippen molar-refractivity contribution in [3.05, 3.63) is 115 Å². The van der Waals surface area contributed by atoms with Gasteiger partial charge in [0, 0.05) is 25.7 Å². The fraction of sp³-hybridized carbons (Fsp3) is 0.650. The van der Waals surface area contributed by atoms with Gasteiger partial charge in [0.1, 0.15) is 122 Å². The molecule has 600 valence electrons. The third kappa shape index (κ3) is 27.2. The monoisotopic (exact) mass is 1500 g/mol. The number of hydrogen-bond acceptors (Lipinski definition) is 26. The predicted octanol–water partition coefficient (Wildman–Crippen LogP) is 4.95. The number of benzene rings is 4. The molecule has 18 N–H and O–H groups in total. The normalized spacial score (nSPS) is 19.7. The summed E-state index contributed by atoms with van der Waals surface area (Å²) in [7, 11) is 0. The molecule has 0 heterocycles. The van der Waals surface area contributed by atoms with Gasteiger partial charge in [-0.05, 0) is 139 Å². The Morgan fingerprint density at radius 3 is 0.764 bits per heavy atom. The van der Waals surface area contributed by atoms with Crippen LogP contribution in [0.4, 0.5) is 0 Å². The lowest BCUT2D eigenvalue weighted by Crippen LogP contribution is -2.64. The second-order valence-corrected chi connectivity index (χ2v) is 34.1. The highest BCUT2D eigenvalue weighted by molar-refractivity contribution is 5.71. The largest absolute Gasteiger partial charge is 0.507 e. The lowest BCUT2D eigenvalue weighted by molar-refractivity contribution is -0.233. The Kier molecular flexibility index (Phi) is 34.1. The number of carbonyl (C=O) groups is 4. The lowest BCUT2D eigenvalue weighted by atomic mass is 9.78. The number of aromatic hydroxyl groups is 4. The second kappa shape index (κ2) is 38.7. The molecule has 12 atom stereocenters. The van der Waals surface area contributed by atoms with E-state index in [-0.39, 0.29) is 87.6 Å². The molecule has 0 spiro atoms. The van der Waals surface area contributed by atoms with Crippen molar-refractivity contribution in [1.29, 1.82) is 0 Å². The van der Waals surface area contributed by atoms with Gasteiger partial charge in [-0.1, -0.05) is 173 Å². The summed E-state index contributed by atoms with van der Waals surface area (Å²) in [5, 5.41) is 180. The first kappa shape index (κ1) is 93.6. The van der Waals surface area contributed by atoms with E-state index in [9.17, 15) is 106 Å². The third-order valence-corrected chi connectivity index (χ3v) is 18.4. The summed E-state index contributed by atoms with van der Waals surface area (Å²) in [5.74, 6) is -1.69. The molecular formula is C80H124O26. The SMILES string of the molecule is CC(C)(C)c1cc(CCC(=O)OC2C(O)C(O)C(O)C(O)C2O)cc(C(C)(C)C)c1O.CC(C)(C)c1cc(CCC(=O)OCC(O)C(O)C(O)C(O)COC(=O)CCc2cc(C(C)(C)C)c(O)c(C(C)(C)C)c2)cc(C(C)(C)C)c1O.Cc1cc(CCC(=O)OCC(O)C(O)C(O)C(O)CO)cc(C)c1O. The number of phenolic OH excluding ortho intramolecular Hbond substituents is 4. The van der Waals surface area contributed by atoms with E-state index in [0.29, 0.717) is 30.4 Å². The van der Waals surface area contributed by atoms with Crippen LogP contribution in [-0.4, -0.2) is 228 Å². The highest BCUT2D eigenvalue weighted by atomic mass is 16.6. The van der Waals surface area contributed by atoms with Crippen LogP contribution in [0.2, 0.25) is 0 Å². The van der Waals surface area contributed by atoms with Crippen LogP contribution in [0, 0.1) is 13.8 Å². The highest BCUT2D eigenvalue weighted by Gasteiger charge is 2.50. The van der Waals surface area contributed by atoms with Crippen molar-refractivity contribution >= 4 is 23.9 Å². The first-order valence-electron chi connectivity index (χ1n) is 35.9. The van der Waals surface area contributed by atoms with Crippen LogP contribution < -0.4 is 0 Å². The Morgan fingerprint density at radius 2 is 0.538 bits per heavy atom. The Hall–Kier alpha value is -6.60. The molecule has 5 rings (SSSR count). The summed E-state index contributed by atoms with van der Waals surface area (Å²) in [6.45, 7) is 36.8. The maximum Gasteiger partial charge on any atom is 0.306 e. The molecule has 1 fully saturated rings. The molecule has 0 radical (unpaired) electrons. The predicted molar refractivity (Wildman–Crippen MR) is 395 cm³/mol. The molecular weight excluding hydrogens is 1380 g/mol. The van der Waals surface area contributed by atoms with E-state index in [1.807, 2.05) is 161 Å². The van der Waals surface area contributed by atoms with Crippen molar-refractivity contribution in [3.8, 4) is 23.0 Å². The molecule has 0 aromatic heterocycles. The first-order valence-corrected chi connectivity index (χ1v) is 35.9. The van der Waals surface area contributed by atoms with E-state index in [0.717, 1.165) is 55.6 Å². The summed E-state index contributed by atoms with van der Waals surface area (Å²) in [5.41, 5.74) is 7.45. The van der Waals surface area contributed by atoms with E-state index in [1.54, 1.807) is 26.0 Å². The third-order valence-electron chi connectivity index (χ3n) is 18.4. The number of aryl methyl sites for hydroxylation is 6. The number of hydrogen-bond donors (Lipinski definition) is 18. The van der Waals surface area contributed by atoms with Crippen LogP contribution >= 0.6 is 0 Å². The van der Waals surface area contributed by atoms with Gasteiger partial charge in [0.15, 0.2) is 6.10 Å². The van der Waals surface area contributed by atoms with Gasteiger partial charge in [-0.25, -0.2) is 0 Å².